The number of nitrogens with zero attached hydrogens (tertiary/aromatic N) is 5. The van der Waals surface area contributed by atoms with Gasteiger partial charge in [0.1, 0.15) is 0 Å². The molecule has 1 aliphatic rings. The van der Waals surface area contributed by atoms with E-state index in [1.807, 2.05) is 0 Å². The van der Waals surface area contributed by atoms with Crippen molar-refractivity contribution in [2.45, 2.75) is 85.5 Å². The topological polar surface area (TPSA) is 38.5 Å². The summed E-state index contributed by atoms with van der Waals surface area (Å²) < 4.78 is 13.1. The summed E-state index contributed by atoms with van der Waals surface area (Å²) in [7, 11) is 0. The van der Waals surface area contributed by atoms with Gasteiger partial charge in [0.05, 0.1) is 5.69 Å². The quantitative estimate of drug-likeness (QED) is 0.144. The van der Waals surface area contributed by atoms with Gasteiger partial charge in [0.15, 0.2) is 0 Å². The molecule has 0 amide bonds. The molecule has 0 aliphatic carbocycles. The van der Waals surface area contributed by atoms with Crippen molar-refractivity contribution in [3.63, 3.8) is 0 Å². The Morgan fingerprint density at radius 2 is 0.783 bits per heavy atom. The maximum atomic E-state index is 7.30. The molecule has 0 fully saturated rings. The Morgan fingerprint density at radius 3 is 1.36 bits per heavy atom. The normalized spacial score (nSPS) is 12.5. The summed E-state index contributed by atoms with van der Waals surface area (Å²) in [5, 5.41) is 0. The van der Waals surface area contributed by atoms with Gasteiger partial charge in [0.2, 0.25) is 0 Å². The van der Waals surface area contributed by atoms with Crippen LogP contribution in [0.25, 0.3) is 78.0 Å². The van der Waals surface area contributed by atoms with Crippen LogP contribution < -0.4 is 14.5 Å². The van der Waals surface area contributed by atoms with Crippen LogP contribution >= 0.6 is 0 Å². The zero-order chi connectivity index (χ0) is 63.6. The molecule has 13 aromatic rings. The third kappa shape index (κ3) is 11.1. The fraction of sp³-hybridized carbons (Fsp3) is 0.153. The van der Waals surface area contributed by atoms with E-state index < -0.39 is 0 Å². The fourth-order valence-corrected chi connectivity index (χ4v) is 14.2. The van der Waals surface area contributed by atoms with Gasteiger partial charge in [-0.05, 0) is 75.3 Å². The number of fused-ring (bicyclic) bond motifs is 7. The molecular formula is C85H75N5OPt. The average molecular weight is 1380 g/mol. The van der Waals surface area contributed by atoms with Crippen LogP contribution in [0, 0.1) is 10.7 Å². The summed E-state index contributed by atoms with van der Waals surface area (Å²) in [5.41, 5.74) is 25.1. The van der Waals surface area contributed by atoms with E-state index in [1.165, 1.54) is 16.7 Å². The van der Waals surface area contributed by atoms with E-state index in [0.717, 1.165) is 122 Å². The van der Waals surface area contributed by atoms with Crippen LogP contribution in [0.1, 0.15) is 84.6 Å². The molecule has 456 valence electrons. The van der Waals surface area contributed by atoms with Gasteiger partial charge in [0.25, 0.3) is 0 Å². The van der Waals surface area contributed by atoms with Crippen LogP contribution in [0.15, 0.2) is 273 Å². The third-order valence-corrected chi connectivity index (χ3v) is 19.0. The van der Waals surface area contributed by atoms with Gasteiger partial charge in [-0.15, -0.1) is 0 Å². The molecule has 14 rings (SSSR count). The van der Waals surface area contributed by atoms with E-state index in [0.29, 0.717) is 11.5 Å². The van der Waals surface area contributed by atoms with Crippen LogP contribution in [0.2, 0.25) is 0 Å². The molecule has 0 radical (unpaired) electrons. The van der Waals surface area contributed by atoms with E-state index in [9.17, 15) is 0 Å². The molecule has 0 saturated carbocycles. The molecule has 0 spiro atoms. The molecule has 0 bridgehead atoms. The second-order valence-electron chi connectivity index (χ2n) is 27.3. The second kappa shape index (κ2) is 23.7. The minimum absolute atomic E-state index is 0.0341. The fourth-order valence-electron chi connectivity index (χ4n) is 13.1. The predicted molar refractivity (Wildman–Crippen MR) is 381 cm³/mol. The minimum atomic E-state index is -0.157. The SMILES string of the molecule is Cc1cc(N2c3ccccc3-c3ccc(C(C)(C)C)cc3N(c3ccccc3)c3cc(C(C)(C)C)ccc3-c3ccc(Oc4cccc(-n5[c](=[Pt])n(-c6c(-c7ccccc7)cccc6-c6ccccc6)c6ccccc65)c4)cc32)ncc1-c1ccc(C(C)(C)C)cc1. The van der Waals surface area contributed by atoms with E-state index in [4.69, 9.17) is 9.72 Å². The van der Waals surface area contributed by atoms with Crippen LogP contribution in [0.3, 0.4) is 0 Å². The van der Waals surface area contributed by atoms with Crippen LogP contribution in [-0.4, -0.2) is 14.1 Å². The van der Waals surface area contributed by atoms with Crippen molar-refractivity contribution in [2.75, 3.05) is 9.80 Å². The van der Waals surface area contributed by atoms with Crippen LogP contribution in [0.4, 0.5) is 34.3 Å². The van der Waals surface area contributed by atoms with Gasteiger partial charge in [-0.2, -0.15) is 0 Å². The number of hydrogen-bond donors (Lipinski definition) is 0. The summed E-state index contributed by atoms with van der Waals surface area (Å²) in [4.78, 5) is 10.4. The van der Waals surface area contributed by atoms with E-state index in [1.54, 1.807) is 0 Å². The number of hydrogen-bond acceptors (Lipinski definition) is 4. The van der Waals surface area contributed by atoms with Crippen molar-refractivity contribution >= 4 is 45.3 Å². The molecule has 92 heavy (non-hydrogen) atoms. The van der Waals surface area contributed by atoms with Gasteiger partial charge in [0, 0.05) is 23.0 Å². The number of anilines is 6. The first-order chi connectivity index (χ1) is 44.4. The third-order valence-electron chi connectivity index (χ3n) is 18.0. The first-order valence-electron chi connectivity index (χ1n) is 31.8. The molecule has 0 N–H and O–H groups in total. The van der Waals surface area contributed by atoms with Gasteiger partial charge in [-0.3, -0.25) is 0 Å². The number of rotatable bonds is 9. The zero-order valence-corrected chi connectivity index (χ0v) is 56.2. The number of imidazole rings is 1. The monoisotopic (exact) mass is 1380 g/mol. The van der Waals surface area contributed by atoms with Gasteiger partial charge >= 0.3 is 306 Å². The number of aromatic nitrogens is 3. The summed E-state index contributed by atoms with van der Waals surface area (Å²) in [6, 6.07) is 97.1. The standard InChI is InChI=1S/C85H75N5O.Pt/c1-57-50-81(86-55-74(57)60-40-42-61(43-41-60)83(2,3)4)90-75-37-21-20-34-70(75)71-47-44-62(84(5,6)7)51-78(71)89(64-30-18-13-19-31-64)79-52-63(85(8,9)10)45-48-72(79)73-49-46-67(54-80(73)90)91-66-33-24-32-65(53-66)87-56-88(77-39-23-22-38-76(77)87)82-68(58-26-14-11-15-27-58)35-25-36-69(82)59-28-16-12-17-29-59;/h11-55H,1-10H3;. The zero-order valence-electron chi connectivity index (χ0n) is 53.9. The Morgan fingerprint density at radius 1 is 0.337 bits per heavy atom. The van der Waals surface area contributed by atoms with Crippen LogP contribution in [-0.2, 0) is 35.6 Å². The molecule has 6 nitrogen and oxygen atoms in total. The maximum absolute atomic E-state index is 7.30. The smallest absolute Gasteiger partial charge is 0.0579 e. The van der Waals surface area contributed by atoms with Gasteiger partial charge in [-0.25, -0.2) is 0 Å². The minimum Gasteiger partial charge on any atom is -0.0579 e. The molecule has 0 unspecified atom stereocenters. The Kier molecular flexibility index (Phi) is 15.4. The average Bonchev–Trinajstić information content (AvgIpc) is 1.55. The number of aryl methyl sites for hydroxylation is 1. The summed E-state index contributed by atoms with van der Waals surface area (Å²) in [6.07, 6.45) is 2.06. The van der Waals surface area contributed by atoms with Crippen molar-refractivity contribution in [1.82, 2.24) is 14.1 Å². The van der Waals surface area contributed by atoms with Crippen molar-refractivity contribution < 1.29 is 24.1 Å². The number of pyridine rings is 1. The summed E-state index contributed by atoms with van der Waals surface area (Å²) >= 11 is 2.53. The molecular weight excluding hydrogens is 1300 g/mol. The van der Waals surface area contributed by atoms with Crippen molar-refractivity contribution in [3.05, 3.63) is 299 Å². The molecule has 0 saturated heterocycles. The van der Waals surface area contributed by atoms with E-state index >= 15 is 0 Å². The molecule has 3 heterocycles. The Labute approximate surface area is 552 Å². The Bertz CT molecular complexity index is 4930. The van der Waals surface area contributed by atoms with Crippen molar-refractivity contribution in [2.24, 2.45) is 0 Å². The molecule has 7 heteroatoms. The molecule has 0 atom stereocenters. The first kappa shape index (κ1) is 59.7. The molecule has 2 aromatic heterocycles. The molecule has 1 aliphatic heterocycles. The first-order valence-corrected chi connectivity index (χ1v) is 33.0. The number of ether oxygens (including phenoxy) is 1. The van der Waals surface area contributed by atoms with Crippen molar-refractivity contribution in [1.29, 1.82) is 0 Å². The predicted octanol–water partition coefficient (Wildman–Crippen LogP) is 23.5. The number of para-hydroxylation sites is 5. The Hall–Kier alpha value is -9.87. The van der Waals surface area contributed by atoms with Crippen LogP contribution in [0.5, 0.6) is 11.5 Å². The van der Waals surface area contributed by atoms with E-state index in [-0.39, 0.29) is 16.2 Å². The van der Waals surface area contributed by atoms with Gasteiger partial charge in [-0.1, -0.05) is 141 Å². The molecule has 11 aromatic carbocycles. The number of benzene rings is 11. The summed E-state index contributed by atoms with van der Waals surface area (Å²) in [6.45, 7) is 22.8. The van der Waals surface area contributed by atoms with Crippen molar-refractivity contribution in [3.8, 4) is 78.5 Å². The summed E-state index contributed by atoms with van der Waals surface area (Å²) in [5.74, 6) is 2.18. The van der Waals surface area contributed by atoms with E-state index in [2.05, 4.69) is 381 Å². The second-order valence-corrected chi connectivity index (χ2v) is 28.3. The van der Waals surface area contributed by atoms with Gasteiger partial charge < -0.3 is 4.90 Å². The Balaban J connectivity index is 0.983.